The predicted molar refractivity (Wildman–Crippen MR) is 92.0 cm³/mol. The van der Waals surface area contributed by atoms with E-state index in [0.29, 0.717) is 6.54 Å². The Morgan fingerprint density at radius 2 is 2.10 bits per heavy atom. The molecule has 3 nitrogen and oxygen atoms in total. The summed E-state index contributed by atoms with van der Waals surface area (Å²) in [5, 5.41) is 5.24. The fraction of sp³-hybridized carbons (Fsp3) is 0.471. The maximum absolute atomic E-state index is 6.23. The van der Waals surface area contributed by atoms with E-state index in [2.05, 4.69) is 17.2 Å². The summed E-state index contributed by atoms with van der Waals surface area (Å²) in [4.78, 5) is 4.45. The Morgan fingerprint density at radius 1 is 1.24 bits per heavy atom. The number of hydrogen-bond donors (Lipinski definition) is 2. The van der Waals surface area contributed by atoms with Crippen molar-refractivity contribution in [3.05, 3.63) is 35.5 Å². The molecule has 1 heterocycles. The SMILES string of the molecule is CCCCCCC(CN)Nc1ccc(Cl)c2cccnc12. The second kappa shape index (κ2) is 8.20. The number of aromatic nitrogens is 1. The largest absolute Gasteiger partial charge is 0.379 e. The lowest BCUT2D eigenvalue weighted by Gasteiger charge is -2.19. The highest BCUT2D eigenvalue weighted by atomic mass is 35.5. The van der Waals surface area contributed by atoms with Crippen molar-refractivity contribution in [1.82, 2.24) is 4.98 Å². The van der Waals surface area contributed by atoms with E-state index in [9.17, 15) is 0 Å². The van der Waals surface area contributed by atoms with Gasteiger partial charge in [0.05, 0.1) is 16.2 Å². The molecule has 0 radical (unpaired) electrons. The van der Waals surface area contributed by atoms with Gasteiger partial charge in [0.25, 0.3) is 0 Å². The molecule has 1 atom stereocenters. The molecular weight excluding hydrogens is 282 g/mol. The summed E-state index contributed by atoms with van der Waals surface area (Å²) in [6.45, 7) is 2.85. The van der Waals surface area contributed by atoms with Gasteiger partial charge < -0.3 is 11.1 Å². The minimum Gasteiger partial charge on any atom is -0.379 e. The maximum Gasteiger partial charge on any atom is 0.0948 e. The molecule has 1 aromatic heterocycles. The molecule has 1 unspecified atom stereocenters. The van der Waals surface area contributed by atoms with Crippen LogP contribution in [0.4, 0.5) is 5.69 Å². The van der Waals surface area contributed by atoms with Gasteiger partial charge in [-0.15, -0.1) is 0 Å². The highest BCUT2D eigenvalue weighted by molar-refractivity contribution is 6.35. The van der Waals surface area contributed by atoms with Gasteiger partial charge in [0.15, 0.2) is 0 Å². The smallest absolute Gasteiger partial charge is 0.0948 e. The van der Waals surface area contributed by atoms with E-state index in [1.165, 1.54) is 25.7 Å². The normalized spacial score (nSPS) is 12.5. The Balaban J connectivity index is 2.09. The van der Waals surface area contributed by atoms with Gasteiger partial charge in [0, 0.05) is 24.2 Å². The minimum atomic E-state index is 0.285. The molecule has 0 spiro atoms. The number of hydrogen-bond acceptors (Lipinski definition) is 3. The van der Waals surface area contributed by atoms with Crippen molar-refractivity contribution in [1.29, 1.82) is 0 Å². The van der Waals surface area contributed by atoms with Gasteiger partial charge in [-0.1, -0.05) is 44.2 Å². The van der Waals surface area contributed by atoms with Crippen molar-refractivity contribution in [2.45, 2.75) is 45.1 Å². The van der Waals surface area contributed by atoms with Crippen LogP contribution in [0, 0.1) is 0 Å². The molecule has 4 heteroatoms. The summed E-state index contributed by atoms with van der Waals surface area (Å²) < 4.78 is 0. The zero-order valence-electron chi connectivity index (χ0n) is 12.6. The number of fused-ring (bicyclic) bond motifs is 1. The van der Waals surface area contributed by atoms with Crippen LogP contribution in [0.3, 0.4) is 0 Å². The Labute approximate surface area is 131 Å². The summed E-state index contributed by atoms with van der Waals surface area (Å²) in [7, 11) is 0. The van der Waals surface area contributed by atoms with Crippen LogP contribution in [0.1, 0.15) is 39.0 Å². The lowest BCUT2D eigenvalue weighted by molar-refractivity contribution is 0.576. The van der Waals surface area contributed by atoms with Crippen LogP contribution in [0.15, 0.2) is 30.5 Å². The number of unbranched alkanes of at least 4 members (excludes halogenated alkanes) is 3. The van der Waals surface area contributed by atoms with Crippen molar-refractivity contribution in [2.24, 2.45) is 5.73 Å². The molecule has 0 fully saturated rings. The zero-order valence-corrected chi connectivity index (χ0v) is 13.4. The average Bonchev–Trinajstić information content (AvgIpc) is 2.53. The minimum absolute atomic E-state index is 0.285. The van der Waals surface area contributed by atoms with Gasteiger partial charge in [-0.2, -0.15) is 0 Å². The fourth-order valence-corrected chi connectivity index (χ4v) is 2.76. The molecule has 114 valence electrons. The second-order valence-corrected chi connectivity index (χ2v) is 5.83. The number of benzene rings is 1. The number of halogens is 1. The molecule has 1 aromatic carbocycles. The van der Waals surface area contributed by atoms with Gasteiger partial charge in [-0.3, -0.25) is 4.98 Å². The third-order valence-corrected chi connectivity index (χ3v) is 4.10. The summed E-state index contributed by atoms with van der Waals surface area (Å²) >= 11 is 6.23. The Hall–Kier alpha value is -1.32. The molecule has 2 rings (SSSR count). The molecule has 0 saturated carbocycles. The van der Waals surface area contributed by atoms with E-state index < -0.39 is 0 Å². The monoisotopic (exact) mass is 305 g/mol. The van der Waals surface area contributed by atoms with Crippen LogP contribution in [0.5, 0.6) is 0 Å². The van der Waals surface area contributed by atoms with E-state index in [0.717, 1.165) is 28.0 Å². The first-order chi connectivity index (χ1) is 10.3. The van der Waals surface area contributed by atoms with Crippen LogP contribution in [0.2, 0.25) is 5.02 Å². The molecular formula is C17H24ClN3. The Morgan fingerprint density at radius 3 is 2.86 bits per heavy atom. The molecule has 21 heavy (non-hydrogen) atoms. The third kappa shape index (κ3) is 4.32. The molecule has 0 aliphatic rings. The van der Waals surface area contributed by atoms with E-state index in [-0.39, 0.29) is 6.04 Å². The van der Waals surface area contributed by atoms with Crippen molar-refractivity contribution in [3.63, 3.8) is 0 Å². The number of pyridine rings is 1. The summed E-state index contributed by atoms with van der Waals surface area (Å²) in [6, 6.07) is 8.09. The van der Waals surface area contributed by atoms with Gasteiger partial charge in [-0.05, 0) is 30.7 Å². The van der Waals surface area contributed by atoms with Crippen LogP contribution in [-0.2, 0) is 0 Å². The third-order valence-electron chi connectivity index (χ3n) is 3.77. The van der Waals surface area contributed by atoms with E-state index >= 15 is 0 Å². The lowest BCUT2D eigenvalue weighted by atomic mass is 10.1. The summed E-state index contributed by atoms with van der Waals surface area (Å²) in [6.07, 6.45) is 7.92. The number of anilines is 1. The first-order valence-corrected chi connectivity index (χ1v) is 8.14. The number of nitrogens with zero attached hydrogens (tertiary/aromatic N) is 1. The summed E-state index contributed by atoms with van der Waals surface area (Å²) in [5.74, 6) is 0. The maximum atomic E-state index is 6.23. The van der Waals surface area contributed by atoms with Crippen molar-refractivity contribution >= 4 is 28.2 Å². The van der Waals surface area contributed by atoms with Crippen molar-refractivity contribution in [3.8, 4) is 0 Å². The van der Waals surface area contributed by atoms with Gasteiger partial charge in [0.2, 0.25) is 0 Å². The second-order valence-electron chi connectivity index (χ2n) is 5.42. The van der Waals surface area contributed by atoms with Gasteiger partial charge in [-0.25, -0.2) is 0 Å². The summed E-state index contributed by atoms with van der Waals surface area (Å²) in [5.41, 5.74) is 7.83. The first kappa shape index (κ1) is 16.1. The van der Waals surface area contributed by atoms with Gasteiger partial charge in [0.1, 0.15) is 0 Å². The zero-order chi connectivity index (χ0) is 15.1. The van der Waals surface area contributed by atoms with Crippen LogP contribution in [0.25, 0.3) is 10.9 Å². The molecule has 0 bridgehead atoms. The van der Waals surface area contributed by atoms with Crippen LogP contribution in [-0.4, -0.2) is 17.6 Å². The number of nitrogens with two attached hydrogens (primary N) is 1. The lowest BCUT2D eigenvalue weighted by Crippen LogP contribution is -2.28. The predicted octanol–water partition coefficient (Wildman–Crippen LogP) is 4.60. The molecule has 2 aromatic rings. The fourth-order valence-electron chi connectivity index (χ4n) is 2.54. The van der Waals surface area contributed by atoms with E-state index in [1.807, 2.05) is 24.3 Å². The van der Waals surface area contributed by atoms with Crippen molar-refractivity contribution < 1.29 is 0 Å². The Bertz CT molecular complexity index is 571. The molecule has 0 aliphatic heterocycles. The molecule has 0 saturated heterocycles. The molecule has 0 amide bonds. The quantitative estimate of drug-likeness (QED) is 0.701. The average molecular weight is 306 g/mol. The van der Waals surface area contributed by atoms with Gasteiger partial charge >= 0.3 is 0 Å². The number of rotatable bonds is 8. The van der Waals surface area contributed by atoms with E-state index in [1.54, 1.807) is 6.20 Å². The van der Waals surface area contributed by atoms with Crippen molar-refractivity contribution in [2.75, 3.05) is 11.9 Å². The van der Waals surface area contributed by atoms with Crippen LogP contribution < -0.4 is 11.1 Å². The number of nitrogens with one attached hydrogen (secondary N) is 1. The highest BCUT2D eigenvalue weighted by Gasteiger charge is 2.10. The van der Waals surface area contributed by atoms with Crippen LogP contribution >= 0.6 is 11.6 Å². The Kier molecular flexibility index (Phi) is 6.27. The molecule has 0 aliphatic carbocycles. The highest BCUT2D eigenvalue weighted by Crippen LogP contribution is 2.28. The standard InChI is InChI=1S/C17H24ClN3/c1-2-3-4-5-7-13(12-19)21-16-10-9-15(18)14-8-6-11-20-17(14)16/h6,8-11,13,21H,2-5,7,12,19H2,1H3. The molecule has 3 N–H and O–H groups in total. The topological polar surface area (TPSA) is 50.9 Å². The van der Waals surface area contributed by atoms with E-state index in [4.69, 9.17) is 17.3 Å². The first-order valence-electron chi connectivity index (χ1n) is 7.76.